The topological polar surface area (TPSA) is 26.3 Å². The van der Waals surface area contributed by atoms with Crippen LogP contribution in [-0.2, 0) is 12.2 Å². The van der Waals surface area contributed by atoms with Gasteiger partial charge in [0.25, 0.3) is 0 Å². The molecule has 0 aliphatic carbocycles. The van der Waals surface area contributed by atoms with Crippen molar-refractivity contribution in [2.24, 2.45) is 0 Å². The number of ketones is 1. The lowest BCUT2D eigenvalue weighted by Gasteiger charge is -2.09. The van der Waals surface area contributed by atoms with Crippen LogP contribution in [0.4, 0.5) is 0 Å². The highest BCUT2D eigenvalue weighted by Crippen LogP contribution is 2.34. The molecule has 1 aliphatic rings. The van der Waals surface area contributed by atoms with Gasteiger partial charge in [0, 0.05) is 15.1 Å². The van der Waals surface area contributed by atoms with Crippen molar-refractivity contribution in [2.45, 2.75) is 19.1 Å². The number of thioether (sulfide) groups is 1. The van der Waals surface area contributed by atoms with Gasteiger partial charge in [0.15, 0.2) is 0 Å². The van der Waals surface area contributed by atoms with Gasteiger partial charge in [-0.25, -0.2) is 0 Å². The van der Waals surface area contributed by atoms with E-state index in [1.807, 2.05) is 36.9 Å². The first kappa shape index (κ1) is 15.1. The molecule has 1 aromatic heterocycles. The van der Waals surface area contributed by atoms with Crippen LogP contribution in [0.3, 0.4) is 0 Å². The van der Waals surface area contributed by atoms with Crippen molar-refractivity contribution in [3.8, 4) is 5.75 Å². The molecule has 3 rings (SSSR count). The van der Waals surface area contributed by atoms with Gasteiger partial charge in [-0.1, -0.05) is 15.9 Å². The van der Waals surface area contributed by atoms with E-state index in [2.05, 4.69) is 22.0 Å². The van der Waals surface area contributed by atoms with Crippen molar-refractivity contribution in [1.29, 1.82) is 0 Å². The fraction of sp³-hybridized carbons (Fsp3) is 0.312. The molecule has 0 spiro atoms. The predicted octanol–water partition coefficient (Wildman–Crippen LogP) is 4.93. The van der Waals surface area contributed by atoms with Gasteiger partial charge in [0.05, 0.1) is 17.0 Å². The Morgan fingerprint density at radius 1 is 1.38 bits per heavy atom. The molecule has 2 aromatic rings. The van der Waals surface area contributed by atoms with Gasteiger partial charge in [0.2, 0.25) is 5.78 Å². The van der Waals surface area contributed by atoms with Crippen LogP contribution in [0.25, 0.3) is 0 Å². The number of hydrogen-bond acceptors (Lipinski definition) is 4. The lowest BCUT2D eigenvalue weighted by atomic mass is 10.1. The quantitative estimate of drug-likeness (QED) is 0.701. The first-order valence-electron chi connectivity index (χ1n) is 6.85. The predicted molar refractivity (Wildman–Crippen MR) is 92.9 cm³/mol. The van der Waals surface area contributed by atoms with Crippen LogP contribution >= 0.6 is 39.0 Å². The lowest BCUT2D eigenvalue weighted by molar-refractivity contribution is 0.103. The maximum atomic E-state index is 12.8. The number of fused-ring (bicyclic) bond motifs is 1. The molecule has 0 N–H and O–H groups in total. The molecule has 0 amide bonds. The van der Waals surface area contributed by atoms with E-state index < -0.39 is 0 Å². The summed E-state index contributed by atoms with van der Waals surface area (Å²) in [6.07, 6.45) is 1.08. The third-order valence-electron chi connectivity index (χ3n) is 3.34. The van der Waals surface area contributed by atoms with Crippen molar-refractivity contribution in [3.63, 3.8) is 0 Å². The average molecular weight is 383 g/mol. The Hall–Kier alpha value is -0.780. The molecule has 0 unspecified atom stereocenters. The van der Waals surface area contributed by atoms with E-state index in [1.54, 1.807) is 11.3 Å². The summed E-state index contributed by atoms with van der Waals surface area (Å²) >= 11 is 7.01. The molecule has 0 radical (unpaired) electrons. The van der Waals surface area contributed by atoms with E-state index in [0.29, 0.717) is 17.9 Å². The highest BCUT2D eigenvalue weighted by Gasteiger charge is 2.21. The zero-order valence-corrected chi connectivity index (χ0v) is 14.9. The summed E-state index contributed by atoms with van der Waals surface area (Å²) < 4.78 is 6.49. The fourth-order valence-corrected chi connectivity index (χ4v) is 5.04. The number of carbonyl (C=O) groups is 1. The molecule has 21 heavy (non-hydrogen) atoms. The number of rotatable bonds is 4. The summed E-state index contributed by atoms with van der Waals surface area (Å²) in [6.45, 7) is 2.48. The van der Waals surface area contributed by atoms with Crippen molar-refractivity contribution < 1.29 is 9.53 Å². The van der Waals surface area contributed by atoms with E-state index in [1.165, 1.54) is 10.4 Å². The minimum Gasteiger partial charge on any atom is -0.493 e. The van der Waals surface area contributed by atoms with Crippen molar-refractivity contribution in [1.82, 2.24) is 0 Å². The Kier molecular flexibility index (Phi) is 4.72. The third-order valence-corrected chi connectivity index (χ3v) is 6.07. The third kappa shape index (κ3) is 3.20. The van der Waals surface area contributed by atoms with Crippen LogP contribution in [0.5, 0.6) is 5.75 Å². The second-order valence-electron chi connectivity index (χ2n) is 4.76. The summed E-state index contributed by atoms with van der Waals surface area (Å²) in [7, 11) is 0. The van der Waals surface area contributed by atoms with E-state index in [-0.39, 0.29) is 5.78 Å². The number of carbonyl (C=O) groups excluding carboxylic acids is 1. The fourth-order valence-electron chi connectivity index (χ4n) is 2.35. The molecule has 0 saturated carbocycles. The summed E-state index contributed by atoms with van der Waals surface area (Å²) in [5.41, 5.74) is 1.96. The molecule has 1 aromatic carbocycles. The number of ether oxygens (including phenoxy) is 1. The second-order valence-corrected chi connectivity index (χ2v) is 7.92. The Labute approximate surface area is 141 Å². The molecule has 110 valence electrons. The molecule has 0 atom stereocenters. The van der Waals surface area contributed by atoms with Gasteiger partial charge < -0.3 is 4.74 Å². The van der Waals surface area contributed by atoms with E-state index in [4.69, 9.17) is 4.74 Å². The van der Waals surface area contributed by atoms with Crippen molar-refractivity contribution >= 4 is 44.8 Å². The largest absolute Gasteiger partial charge is 0.493 e. The van der Waals surface area contributed by atoms with Gasteiger partial charge in [-0.05, 0) is 48.9 Å². The number of hydrogen-bond donors (Lipinski definition) is 0. The first-order valence-corrected chi connectivity index (χ1v) is 9.62. The van der Waals surface area contributed by atoms with Crippen LogP contribution < -0.4 is 4.74 Å². The molecule has 0 fully saturated rings. The smallest absolute Gasteiger partial charge is 0.206 e. The van der Waals surface area contributed by atoms with Crippen molar-refractivity contribution in [2.75, 3.05) is 12.4 Å². The Morgan fingerprint density at radius 3 is 3.00 bits per heavy atom. The van der Waals surface area contributed by atoms with Gasteiger partial charge in [0.1, 0.15) is 5.75 Å². The highest BCUT2D eigenvalue weighted by molar-refractivity contribution is 9.10. The van der Waals surface area contributed by atoms with E-state index in [9.17, 15) is 4.79 Å². The number of halogens is 1. The average Bonchev–Trinajstić information content (AvgIpc) is 2.92. The molecule has 0 saturated heterocycles. The van der Waals surface area contributed by atoms with Crippen LogP contribution in [0, 0.1) is 0 Å². The van der Waals surface area contributed by atoms with Crippen LogP contribution in [-0.4, -0.2) is 18.1 Å². The molecule has 2 nitrogen and oxygen atoms in total. The monoisotopic (exact) mass is 382 g/mol. The standard InChI is InChI=1S/C16H15BrO2S2/c1-2-19-13-4-3-11(17)8-12(13)16(18)15-7-10-9-20-6-5-14(10)21-15/h3-4,7-8H,2,5-6,9H2,1H3. The van der Waals surface area contributed by atoms with Crippen molar-refractivity contribution in [3.05, 3.63) is 49.6 Å². The molecule has 5 heteroatoms. The Morgan fingerprint density at radius 2 is 2.24 bits per heavy atom. The van der Waals surface area contributed by atoms with Gasteiger partial charge >= 0.3 is 0 Å². The molecular formula is C16H15BrO2S2. The van der Waals surface area contributed by atoms with Crippen LogP contribution in [0.15, 0.2) is 28.7 Å². The molecule has 1 aliphatic heterocycles. The van der Waals surface area contributed by atoms with E-state index >= 15 is 0 Å². The van der Waals surface area contributed by atoms with Crippen LogP contribution in [0.2, 0.25) is 0 Å². The number of benzene rings is 1. The lowest BCUT2D eigenvalue weighted by Crippen LogP contribution is -2.04. The second kappa shape index (κ2) is 6.55. The molecular weight excluding hydrogens is 368 g/mol. The van der Waals surface area contributed by atoms with Crippen LogP contribution in [0.1, 0.15) is 32.6 Å². The Balaban J connectivity index is 1.98. The summed E-state index contributed by atoms with van der Waals surface area (Å²) in [5, 5.41) is 0. The summed E-state index contributed by atoms with van der Waals surface area (Å²) in [5.74, 6) is 2.90. The summed E-state index contributed by atoms with van der Waals surface area (Å²) in [4.78, 5) is 15.0. The first-order chi connectivity index (χ1) is 10.2. The molecule has 2 heterocycles. The van der Waals surface area contributed by atoms with Gasteiger partial charge in [-0.15, -0.1) is 11.3 Å². The Bertz CT molecular complexity index is 655. The SMILES string of the molecule is CCOc1ccc(Br)cc1C(=O)c1cc2c(s1)CCSC2. The highest BCUT2D eigenvalue weighted by atomic mass is 79.9. The van der Waals surface area contributed by atoms with Gasteiger partial charge in [-0.3, -0.25) is 4.79 Å². The minimum absolute atomic E-state index is 0.0594. The maximum Gasteiger partial charge on any atom is 0.206 e. The van der Waals surface area contributed by atoms with E-state index in [0.717, 1.165) is 27.3 Å². The molecule has 0 bridgehead atoms. The number of thiophene rings is 1. The van der Waals surface area contributed by atoms with Gasteiger partial charge in [-0.2, -0.15) is 11.8 Å². The zero-order chi connectivity index (χ0) is 14.8. The minimum atomic E-state index is 0.0594. The number of aryl methyl sites for hydroxylation is 1. The zero-order valence-electron chi connectivity index (χ0n) is 11.6. The summed E-state index contributed by atoms with van der Waals surface area (Å²) in [6, 6.07) is 7.66. The maximum absolute atomic E-state index is 12.8. The normalized spacial score (nSPS) is 13.8.